The summed E-state index contributed by atoms with van der Waals surface area (Å²) in [6.45, 7) is 1.73. The standard InChI is InChI=1S/C18H22N2O3S/c1-13(19-18(23)16-10-6-12-24-16)17(22)20-15(9-5-11-21)14-7-3-2-4-8-14/h2-4,6-8,10,12-13,15,21H,5,9,11H2,1H3,(H,19,23)(H,20,22). The molecule has 3 N–H and O–H groups in total. The van der Waals surface area contributed by atoms with Gasteiger partial charge < -0.3 is 15.7 Å². The molecule has 0 spiro atoms. The first-order chi connectivity index (χ1) is 11.6. The molecule has 1 aromatic carbocycles. The van der Waals surface area contributed by atoms with E-state index in [9.17, 15) is 9.59 Å². The van der Waals surface area contributed by atoms with Gasteiger partial charge in [-0.15, -0.1) is 11.3 Å². The topological polar surface area (TPSA) is 78.4 Å². The van der Waals surface area contributed by atoms with Gasteiger partial charge >= 0.3 is 0 Å². The quantitative estimate of drug-likeness (QED) is 0.687. The minimum Gasteiger partial charge on any atom is -0.396 e. The van der Waals surface area contributed by atoms with Crippen LogP contribution in [0, 0.1) is 0 Å². The molecule has 2 unspecified atom stereocenters. The highest BCUT2D eigenvalue weighted by Gasteiger charge is 2.21. The van der Waals surface area contributed by atoms with E-state index in [4.69, 9.17) is 5.11 Å². The summed E-state index contributed by atoms with van der Waals surface area (Å²) >= 11 is 1.34. The van der Waals surface area contributed by atoms with Gasteiger partial charge in [0.25, 0.3) is 5.91 Å². The van der Waals surface area contributed by atoms with E-state index in [1.165, 1.54) is 11.3 Å². The monoisotopic (exact) mass is 346 g/mol. The van der Waals surface area contributed by atoms with E-state index in [2.05, 4.69) is 10.6 Å². The average Bonchev–Trinajstić information content (AvgIpc) is 3.13. The van der Waals surface area contributed by atoms with E-state index >= 15 is 0 Å². The third-order valence-electron chi connectivity index (χ3n) is 3.66. The van der Waals surface area contributed by atoms with E-state index in [1.54, 1.807) is 19.1 Å². The Labute approximate surface area is 145 Å². The second-order valence-electron chi connectivity index (χ2n) is 5.51. The molecule has 0 fully saturated rings. The molecular weight excluding hydrogens is 324 g/mol. The van der Waals surface area contributed by atoms with E-state index in [1.807, 2.05) is 35.7 Å². The normalized spacial score (nSPS) is 13.1. The van der Waals surface area contributed by atoms with Crippen LogP contribution in [0.4, 0.5) is 0 Å². The minimum absolute atomic E-state index is 0.0733. The van der Waals surface area contributed by atoms with Gasteiger partial charge in [0, 0.05) is 6.61 Å². The van der Waals surface area contributed by atoms with Crippen molar-refractivity contribution >= 4 is 23.2 Å². The van der Waals surface area contributed by atoms with E-state index in [0.29, 0.717) is 17.7 Å². The molecule has 1 aromatic heterocycles. The predicted molar refractivity (Wildman–Crippen MR) is 94.9 cm³/mol. The van der Waals surface area contributed by atoms with Gasteiger partial charge in [-0.2, -0.15) is 0 Å². The SMILES string of the molecule is CC(NC(=O)c1cccs1)C(=O)NC(CCCO)c1ccccc1. The largest absolute Gasteiger partial charge is 0.396 e. The predicted octanol–water partition coefficient (Wildman–Crippen LogP) is 2.50. The van der Waals surface area contributed by atoms with Crippen molar-refractivity contribution in [2.75, 3.05) is 6.61 Å². The van der Waals surface area contributed by atoms with Crippen molar-refractivity contribution < 1.29 is 14.7 Å². The first-order valence-corrected chi connectivity index (χ1v) is 8.80. The van der Waals surface area contributed by atoms with Crippen molar-refractivity contribution in [3.05, 3.63) is 58.3 Å². The fourth-order valence-electron chi connectivity index (χ4n) is 2.34. The van der Waals surface area contributed by atoms with Crippen molar-refractivity contribution in [1.29, 1.82) is 0 Å². The van der Waals surface area contributed by atoms with Gasteiger partial charge in [0.05, 0.1) is 10.9 Å². The fraction of sp³-hybridized carbons (Fsp3) is 0.333. The Morgan fingerprint density at radius 2 is 1.88 bits per heavy atom. The molecule has 0 aliphatic heterocycles. The lowest BCUT2D eigenvalue weighted by Crippen LogP contribution is -2.45. The maximum absolute atomic E-state index is 12.4. The van der Waals surface area contributed by atoms with Crippen LogP contribution < -0.4 is 10.6 Å². The molecule has 5 nitrogen and oxygen atoms in total. The number of hydrogen-bond acceptors (Lipinski definition) is 4. The van der Waals surface area contributed by atoms with Gasteiger partial charge in [-0.3, -0.25) is 9.59 Å². The van der Waals surface area contributed by atoms with Crippen molar-refractivity contribution in [3.8, 4) is 0 Å². The van der Waals surface area contributed by atoms with Gasteiger partial charge in [-0.25, -0.2) is 0 Å². The molecule has 0 aliphatic carbocycles. The van der Waals surface area contributed by atoms with Crippen molar-refractivity contribution in [2.24, 2.45) is 0 Å². The van der Waals surface area contributed by atoms with E-state index in [0.717, 1.165) is 5.56 Å². The second kappa shape index (κ2) is 9.20. The molecule has 2 atom stereocenters. The number of benzene rings is 1. The second-order valence-corrected chi connectivity index (χ2v) is 6.46. The molecule has 2 rings (SSSR count). The van der Waals surface area contributed by atoms with Crippen molar-refractivity contribution in [1.82, 2.24) is 10.6 Å². The number of rotatable bonds is 8. The minimum atomic E-state index is -0.639. The first-order valence-electron chi connectivity index (χ1n) is 7.92. The van der Waals surface area contributed by atoms with Crippen LogP contribution in [0.15, 0.2) is 47.8 Å². The number of aliphatic hydroxyl groups excluding tert-OH is 1. The molecule has 2 amide bonds. The van der Waals surface area contributed by atoms with Crippen LogP contribution in [0.3, 0.4) is 0 Å². The number of nitrogens with one attached hydrogen (secondary N) is 2. The summed E-state index contributed by atoms with van der Waals surface area (Å²) in [7, 11) is 0. The molecule has 0 bridgehead atoms. The molecule has 0 saturated heterocycles. The zero-order chi connectivity index (χ0) is 17.4. The molecule has 24 heavy (non-hydrogen) atoms. The lowest BCUT2D eigenvalue weighted by molar-refractivity contribution is -0.123. The maximum atomic E-state index is 12.4. The summed E-state index contributed by atoms with van der Waals surface area (Å²) < 4.78 is 0. The summed E-state index contributed by atoms with van der Waals surface area (Å²) in [6, 6.07) is 12.3. The Hall–Kier alpha value is -2.18. The van der Waals surface area contributed by atoms with Gasteiger partial charge in [-0.05, 0) is 36.8 Å². The molecular formula is C18H22N2O3S. The van der Waals surface area contributed by atoms with Crippen LogP contribution in [0.2, 0.25) is 0 Å². The Kier molecular flexibility index (Phi) is 6.96. The third kappa shape index (κ3) is 5.18. The van der Waals surface area contributed by atoms with Crippen LogP contribution >= 0.6 is 11.3 Å². The Morgan fingerprint density at radius 1 is 1.12 bits per heavy atom. The summed E-state index contributed by atoms with van der Waals surface area (Å²) in [4.78, 5) is 25.0. The van der Waals surface area contributed by atoms with E-state index in [-0.39, 0.29) is 24.5 Å². The highest BCUT2D eigenvalue weighted by molar-refractivity contribution is 7.12. The number of carbonyl (C=O) groups is 2. The van der Waals surface area contributed by atoms with Crippen molar-refractivity contribution in [3.63, 3.8) is 0 Å². The number of carbonyl (C=O) groups excluding carboxylic acids is 2. The van der Waals surface area contributed by atoms with Gasteiger partial charge in [-0.1, -0.05) is 36.4 Å². The maximum Gasteiger partial charge on any atom is 0.261 e. The highest BCUT2D eigenvalue weighted by Crippen LogP contribution is 2.18. The Morgan fingerprint density at radius 3 is 2.50 bits per heavy atom. The molecule has 1 heterocycles. The Balaban J connectivity index is 1.97. The number of hydrogen-bond donors (Lipinski definition) is 3. The number of aliphatic hydroxyl groups is 1. The Bertz CT molecular complexity index is 644. The lowest BCUT2D eigenvalue weighted by Gasteiger charge is -2.22. The molecule has 0 radical (unpaired) electrons. The summed E-state index contributed by atoms with van der Waals surface area (Å²) in [5.74, 6) is -0.494. The summed E-state index contributed by atoms with van der Waals surface area (Å²) in [5.41, 5.74) is 0.982. The molecule has 0 aliphatic rings. The summed E-state index contributed by atoms with van der Waals surface area (Å²) in [6.07, 6.45) is 1.23. The van der Waals surface area contributed by atoms with Gasteiger partial charge in [0.2, 0.25) is 5.91 Å². The molecule has 6 heteroatoms. The zero-order valence-corrected chi connectivity index (χ0v) is 14.4. The van der Waals surface area contributed by atoms with Crippen molar-refractivity contribution in [2.45, 2.75) is 31.8 Å². The van der Waals surface area contributed by atoms with Crippen LogP contribution in [0.5, 0.6) is 0 Å². The fourth-order valence-corrected chi connectivity index (χ4v) is 2.97. The van der Waals surface area contributed by atoms with Crippen LogP contribution in [0.25, 0.3) is 0 Å². The molecule has 2 aromatic rings. The third-order valence-corrected chi connectivity index (χ3v) is 4.52. The lowest BCUT2D eigenvalue weighted by atomic mass is 10.0. The first kappa shape index (κ1) is 18.2. The molecule has 128 valence electrons. The number of amides is 2. The average molecular weight is 346 g/mol. The summed E-state index contributed by atoms with van der Waals surface area (Å²) in [5, 5.41) is 16.5. The van der Waals surface area contributed by atoms with E-state index < -0.39 is 6.04 Å². The smallest absolute Gasteiger partial charge is 0.261 e. The highest BCUT2D eigenvalue weighted by atomic mass is 32.1. The van der Waals surface area contributed by atoms with Gasteiger partial charge in [0.1, 0.15) is 6.04 Å². The zero-order valence-electron chi connectivity index (χ0n) is 13.6. The van der Waals surface area contributed by atoms with Crippen LogP contribution in [-0.4, -0.2) is 29.6 Å². The van der Waals surface area contributed by atoms with Crippen LogP contribution in [0.1, 0.15) is 41.0 Å². The molecule has 0 saturated carbocycles. The van der Waals surface area contributed by atoms with Gasteiger partial charge in [0.15, 0.2) is 0 Å². The number of thiophene rings is 1. The van der Waals surface area contributed by atoms with Crippen LogP contribution in [-0.2, 0) is 4.79 Å².